The zero-order chi connectivity index (χ0) is 15.1. The van der Waals surface area contributed by atoms with E-state index in [0.29, 0.717) is 26.2 Å². The van der Waals surface area contributed by atoms with E-state index < -0.39 is 0 Å². The minimum Gasteiger partial charge on any atom is -0.348 e. The first-order chi connectivity index (χ1) is 9.78. The SMILES string of the molecule is NCCN.NCCN.[Fe].c1ccc(Cc2ncc[nH]2)cc1. The molecule has 0 bridgehead atoms. The van der Waals surface area contributed by atoms with Crippen LogP contribution >= 0.6 is 0 Å². The molecule has 0 unspecified atom stereocenters. The first-order valence-electron chi connectivity index (χ1n) is 6.60. The molecule has 2 rings (SSSR count). The van der Waals surface area contributed by atoms with Crippen LogP contribution in [0.25, 0.3) is 0 Å². The number of hydrogen-bond donors (Lipinski definition) is 5. The van der Waals surface area contributed by atoms with Crippen molar-refractivity contribution in [2.24, 2.45) is 22.9 Å². The molecule has 0 aliphatic carbocycles. The van der Waals surface area contributed by atoms with Crippen molar-refractivity contribution in [3.63, 3.8) is 0 Å². The number of nitrogens with zero attached hydrogens (tertiary/aromatic N) is 1. The van der Waals surface area contributed by atoms with Gasteiger partial charge in [-0.05, 0) is 5.56 Å². The monoisotopic (exact) mass is 334 g/mol. The molecule has 0 aliphatic heterocycles. The summed E-state index contributed by atoms with van der Waals surface area (Å²) in [5.74, 6) is 1.02. The topological polar surface area (TPSA) is 133 Å². The number of nitrogens with one attached hydrogen (secondary N) is 1. The molecular formula is C14H26FeN6. The van der Waals surface area contributed by atoms with Crippen molar-refractivity contribution < 1.29 is 17.1 Å². The maximum atomic E-state index is 4.90. The third-order valence-electron chi connectivity index (χ3n) is 2.10. The summed E-state index contributed by atoms with van der Waals surface area (Å²) in [5, 5.41) is 0. The Kier molecular flexibility index (Phi) is 17.7. The second kappa shape index (κ2) is 16.8. The number of hydrogen-bond acceptors (Lipinski definition) is 5. The standard InChI is InChI=1S/C10H10N2.2C2H8N2.Fe/c1-2-4-9(5-3-1)8-10-11-6-7-12-10;2*3-1-2-4;/h1-7H,8H2,(H,11,12);2*1-4H2;. The molecule has 0 fully saturated rings. The van der Waals surface area contributed by atoms with Gasteiger partial charge >= 0.3 is 0 Å². The molecule has 7 heteroatoms. The Labute approximate surface area is 137 Å². The fourth-order valence-corrected chi connectivity index (χ4v) is 1.18. The van der Waals surface area contributed by atoms with Gasteiger partial charge in [-0.3, -0.25) is 0 Å². The third-order valence-corrected chi connectivity index (χ3v) is 2.10. The van der Waals surface area contributed by atoms with Crippen molar-refractivity contribution in [3.05, 3.63) is 54.1 Å². The van der Waals surface area contributed by atoms with Crippen LogP contribution in [0.1, 0.15) is 11.4 Å². The van der Waals surface area contributed by atoms with Crippen LogP contribution in [-0.4, -0.2) is 36.1 Å². The summed E-state index contributed by atoms with van der Waals surface area (Å²) < 4.78 is 0. The van der Waals surface area contributed by atoms with Gasteiger partial charge in [0.25, 0.3) is 0 Å². The average Bonchev–Trinajstić information content (AvgIpc) is 3.02. The van der Waals surface area contributed by atoms with Gasteiger partial charge in [0.15, 0.2) is 0 Å². The van der Waals surface area contributed by atoms with Crippen molar-refractivity contribution >= 4 is 0 Å². The Balaban J connectivity index is 0. The molecule has 2 aromatic rings. The second-order valence-corrected chi connectivity index (χ2v) is 3.85. The zero-order valence-corrected chi connectivity index (χ0v) is 13.3. The van der Waals surface area contributed by atoms with E-state index in [4.69, 9.17) is 22.9 Å². The van der Waals surface area contributed by atoms with Gasteiger partial charge in [-0.25, -0.2) is 4.98 Å². The second-order valence-electron chi connectivity index (χ2n) is 3.85. The van der Waals surface area contributed by atoms with Crippen LogP contribution in [0.3, 0.4) is 0 Å². The first-order valence-corrected chi connectivity index (χ1v) is 6.60. The molecule has 0 spiro atoms. The maximum absolute atomic E-state index is 4.90. The van der Waals surface area contributed by atoms with Gasteiger partial charge in [0.05, 0.1) is 0 Å². The summed E-state index contributed by atoms with van der Waals surface area (Å²) in [6, 6.07) is 10.3. The Bertz CT molecular complexity index is 385. The van der Waals surface area contributed by atoms with Crippen LogP contribution in [0.15, 0.2) is 42.7 Å². The van der Waals surface area contributed by atoms with E-state index in [0.717, 1.165) is 12.2 Å². The quantitative estimate of drug-likeness (QED) is 0.494. The van der Waals surface area contributed by atoms with Crippen molar-refractivity contribution in [1.82, 2.24) is 9.97 Å². The van der Waals surface area contributed by atoms with Crippen molar-refractivity contribution in [3.8, 4) is 0 Å². The Morgan fingerprint density at radius 1 is 0.857 bits per heavy atom. The molecule has 1 aromatic carbocycles. The predicted molar refractivity (Wildman–Crippen MR) is 84.1 cm³/mol. The molecule has 0 radical (unpaired) electrons. The van der Waals surface area contributed by atoms with Crippen molar-refractivity contribution in [2.75, 3.05) is 26.2 Å². The predicted octanol–water partition coefficient (Wildman–Crippen LogP) is -0.194. The average molecular weight is 334 g/mol. The van der Waals surface area contributed by atoms with Gasteiger partial charge in [-0.2, -0.15) is 0 Å². The Morgan fingerprint density at radius 3 is 1.76 bits per heavy atom. The van der Waals surface area contributed by atoms with E-state index in [1.165, 1.54) is 5.56 Å². The van der Waals surface area contributed by atoms with Crippen molar-refractivity contribution in [2.45, 2.75) is 6.42 Å². The number of H-pyrrole nitrogens is 1. The molecule has 21 heavy (non-hydrogen) atoms. The summed E-state index contributed by atoms with van der Waals surface area (Å²) in [6.45, 7) is 2.39. The van der Waals surface area contributed by atoms with Crippen LogP contribution in [0.4, 0.5) is 0 Å². The number of nitrogens with two attached hydrogens (primary N) is 4. The number of benzene rings is 1. The summed E-state index contributed by atoms with van der Waals surface area (Å²) in [6.07, 6.45) is 4.50. The maximum Gasteiger partial charge on any atom is 0.110 e. The van der Waals surface area contributed by atoms with Gasteiger partial charge < -0.3 is 27.9 Å². The van der Waals surface area contributed by atoms with Crippen LogP contribution in [0.2, 0.25) is 0 Å². The largest absolute Gasteiger partial charge is 0.348 e. The van der Waals surface area contributed by atoms with E-state index in [9.17, 15) is 0 Å². The molecule has 0 aliphatic rings. The van der Waals surface area contributed by atoms with E-state index in [2.05, 4.69) is 22.1 Å². The minimum atomic E-state index is 0. The Morgan fingerprint density at radius 2 is 1.38 bits per heavy atom. The van der Waals surface area contributed by atoms with Gasteiger partial charge in [-0.1, -0.05) is 30.3 Å². The molecule has 0 atom stereocenters. The number of imidazole rings is 1. The van der Waals surface area contributed by atoms with Gasteiger partial charge in [0.2, 0.25) is 0 Å². The third kappa shape index (κ3) is 13.5. The van der Waals surface area contributed by atoms with Crippen LogP contribution < -0.4 is 22.9 Å². The minimum absolute atomic E-state index is 0. The van der Waals surface area contributed by atoms with Crippen molar-refractivity contribution in [1.29, 1.82) is 0 Å². The van der Waals surface area contributed by atoms with Gasteiger partial charge in [0, 0.05) is 62.1 Å². The van der Waals surface area contributed by atoms with E-state index >= 15 is 0 Å². The van der Waals surface area contributed by atoms with E-state index in [-0.39, 0.29) is 17.1 Å². The number of aromatic amines is 1. The normalized spacial score (nSPS) is 8.57. The molecule has 6 nitrogen and oxygen atoms in total. The first kappa shape index (κ1) is 22.1. The summed E-state index contributed by atoms with van der Waals surface area (Å²) in [5.41, 5.74) is 20.9. The van der Waals surface area contributed by atoms with Gasteiger partial charge in [-0.15, -0.1) is 0 Å². The fraction of sp³-hybridized carbons (Fsp3) is 0.357. The summed E-state index contributed by atoms with van der Waals surface area (Å²) >= 11 is 0. The molecular weight excluding hydrogens is 308 g/mol. The smallest absolute Gasteiger partial charge is 0.110 e. The fourth-order valence-electron chi connectivity index (χ4n) is 1.18. The molecule has 0 amide bonds. The van der Waals surface area contributed by atoms with Crippen LogP contribution in [0, 0.1) is 0 Å². The molecule has 9 N–H and O–H groups in total. The van der Waals surface area contributed by atoms with Crippen LogP contribution in [0.5, 0.6) is 0 Å². The molecule has 1 aromatic heterocycles. The van der Waals surface area contributed by atoms with E-state index in [1.54, 1.807) is 6.20 Å². The number of rotatable bonds is 4. The van der Waals surface area contributed by atoms with Crippen LogP contribution in [-0.2, 0) is 23.5 Å². The van der Waals surface area contributed by atoms with Gasteiger partial charge in [0.1, 0.15) is 5.82 Å². The molecule has 0 saturated carbocycles. The summed E-state index contributed by atoms with van der Waals surface area (Å²) in [7, 11) is 0. The number of aromatic nitrogens is 2. The molecule has 0 saturated heterocycles. The summed E-state index contributed by atoms with van der Waals surface area (Å²) in [4.78, 5) is 7.23. The molecule has 1 heterocycles. The van der Waals surface area contributed by atoms with E-state index in [1.807, 2.05) is 24.4 Å². The Hall–Kier alpha value is -1.21. The zero-order valence-electron chi connectivity index (χ0n) is 12.2. The molecule has 120 valence electrons.